The molecule has 3 heterocycles. The largest absolute Gasteiger partial charge is 0.454 e. The summed E-state index contributed by atoms with van der Waals surface area (Å²) >= 11 is 0. The molecule has 150 valence electrons. The first-order chi connectivity index (χ1) is 14.0. The maximum atomic E-state index is 10.0. The van der Waals surface area contributed by atoms with E-state index in [0.29, 0.717) is 23.5 Å². The molecule has 2 aliphatic carbocycles. The Morgan fingerprint density at radius 3 is 2.62 bits per heavy atom. The molecule has 0 bridgehead atoms. The Morgan fingerprint density at radius 1 is 1.14 bits per heavy atom. The SMILES string of the molecule is CC(C)(O)c1ccc(Nc2cc(Oc3cn(C4CC4)nc3C3CC3)ccn2)cn1. The van der Waals surface area contributed by atoms with Crippen molar-refractivity contribution in [3.8, 4) is 11.5 Å². The summed E-state index contributed by atoms with van der Waals surface area (Å²) in [4.78, 5) is 8.69. The van der Waals surface area contributed by atoms with Gasteiger partial charge in [0, 0.05) is 18.2 Å². The molecule has 0 radical (unpaired) electrons. The second kappa shape index (κ2) is 6.84. The van der Waals surface area contributed by atoms with Crippen LogP contribution in [-0.2, 0) is 5.60 Å². The van der Waals surface area contributed by atoms with Gasteiger partial charge in [-0.2, -0.15) is 5.10 Å². The third-order valence-corrected chi connectivity index (χ3v) is 5.23. The number of hydrogen-bond acceptors (Lipinski definition) is 6. The molecule has 0 aliphatic heterocycles. The van der Waals surface area contributed by atoms with E-state index in [-0.39, 0.29) is 0 Å². The summed E-state index contributed by atoms with van der Waals surface area (Å²) in [5.74, 6) is 2.78. The fraction of sp³-hybridized carbons (Fsp3) is 0.409. The molecule has 0 spiro atoms. The monoisotopic (exact) mass is 391 g/mol. The van der Waals surface area contributed by atoms with Crippen LogP contribution >= 0.6 is 0 Å². The van der Waals surface area contributed by atoms with Gasteiger partial charge in [-0.15, -0.1) is 0 Å². The van der Waals surface area contributed by atoms with Crippen molar-refractivity contribution in [3.05, 3.63) is 54.2 Å². The number of anilines is 2. The molecule has 2 N–H and O–H groups in total. The van der Waals surface area contributed by atoms with Crippen molar-refractivity contribution in [2.24, 2.45) is 0 Å². The Balaban J connectivity index is 1.33. The van der Waals surface area contributed by atoms with E-state index in [2.05, 4.69) is 20.0 Å². The molecule has 2 saturated carbocycles. The molecule has 0 amide bonds. The Morgan fingerprint density at radius 2 is 1.97 bits per heavy atom. The first-order valence-electron chi connectivity index (χ1n) is 10.1. The number of aromatic nitrogens is 4. The van der Waals surface area contributed by atoms with E-state index in [1.165, 1.54) is 25.7 Å². The average Bonchev–Trinajstić information content (AvgIpc) is 3.61. The molecular weight excluding hydrogens is 366 g/mol. The Kier molecular flexibility index (Phi) is 4.28. The van der Waals surface area contributed by atoms with Crippen molar-refractivity contribution >= 4 is 11.5 Å². The number of ether oxygens (including phenoxy) is 1. The zero-order valence-corrected chi connectivity index (χ0v) is 16.7. The summed E-state index contributed by atoms with van der Waals surface area (Å²) in [5, 5.41) is 18.0. The highest BCUT2D eigenvalue weighted by Gasteiger charge is 2.33. The third-order valence-electron chi connectivity index (χ3n) is 5.23. The molecule has 2 fully saturated rings. The molecule has 0 unspecified atom stereocenters. The summed E-state index contributed by atoms with van der Waals surface area (Å²) in [6.45, 7) is 3.43. The zero-order chi connectivity index (χ0) is 20.0. The van der Waals surface area contributed by atoms with Crippen LogP contribution < -0.4 is 10.1 Å². The fourth-order valence-electron chi connectivity index (χ4n) is 3.28. The Hall–Kier alpha value is -2.93. The van der Waals surface area contributed by atoms with Crippen LogP contribution in [0, 0.1) is 0 Å². The van der Waals surface area contributed by atoms with Crippen LogP contribution in [0.15, 0.2) is 42.9 Å². The van der Waals surface area contributed by atoms with Gasteiger partial charge in [0.15, 0.2) is 5.75 Å². The van der Waals surface area contributed by atoms with E-state index in [1.807, 2.05) is 24.4 Å². The number of aliphatic hydroxyl groups is 1. The fourth-order valence-corrected chi connectivity index (χ4v) is 3.28. The van der Waals surface area contributed by atoms with Crippen molar-refractivity contribution in [2.45, 2.75) is 57.1 Å². The first-order valence-corrected chi connectivity index (χ1v) is 10.1. The van der Waals surface area contributed by atoms with Crippen LogP contribution in [0.1, 0.15) is 62.9 Å². The summed E-state index contributed by atoms with van der Waals surface area (Å²) < 4.78 is 8.27. The van der Waals surface area contributed by atoms with Crippen LogP contribution in [0.3, 0.4) is 0 Å². The zero-order valence-electron chi connectivity index (χ0n) is 16.7. The van der Waals surface area contributed by atoms with Gasteiger partial charge in [-0.25, -0.2) is 4.98 Å². The lowest BCUT2D eigenvalue weighted by molar-refractivity contribution is 0.0739. The van der Waals surface area contributed by atoms with Crippen molar-refractivity contribution in [1.82, 2.24) is 19.7 Å². The highest BCUT2D eigenvalue weighted by Crippen LogP contribution is 2.46. The predicted octanol–water partition coefficient (Wildman–Crippen LogP) is 4.65. The quantitative estimate of drug-likeness (QED) is 0.610. The van der Waals surface area contributed by atoms with E-state index >= 15 is 0 Å². The Bertz CT molecular complexity index is 1010. The first kappa shape index (κ1) is 18.1. The molecule has 0 aromatic carbocycles. The van der Waals surface area contributed by atoms with Crippen LogP contribution in [0.4, 0.5) is 11.5 Å². The van der Waals surface area contributed by atoms with Gasteiger partial charge in [-0.1, -0.05) is 0 Å². The molecule has 7 nitrogen and oxygen atoms in total. The van der Waals surface area contributed by atoms with E-state index in [9.17, 15) is 5.11 Å². The molecular formula is C22H25N5O2. The van der Waals surface area contributed by atoms with Gasteiger partial charge in [0.2, 0.25) is 0 Å². The molecule has 3 aromatic heterocycles. The standard InChI is InChI=1S/C22H25N5O2/c1-22(2,28)19-8-5-15(12-24-19)25-20-11-17(9-10-23-20)29-18-13-27(16-6-7-16)26-21(18)14-3-4-14/h5,8-14,16,28H,3-4,6-7H2,1-2H3,(H,23,25). The lowest BCUT2D eigenvalue weighted by Gasteiger charge is -2.16. The van der Waals surface area contributed by atoms with Gasteiger partial charge in [0.05, 0.1) is 29.8 Å². The summed E-state index contributed by atoms with van der Waals surface area (Å²) in [6.07, 6.45) is 10.2. The summed E-state index contributed by atoms with van der Waals surface area (Å²) in [5.41, 5.74) is 1.53. The summed E-state index contributed by atoms with van der Waals surface area (Å²) in [6, 6.07) is 7.94. The number of nitrogens with one attached hydrogen (secondary N) is 1. The van der Waals surface area contributed by atoms with Crippen molar-refractivity contribution in [2.75, 3.05) is 5.32 Å². The van der Waals surface area contributed by atoms with E-state index < -0.39 is 5.60 Å². The minimum atomic E-state index is -0.964. The molecule has 29 heavy (non-hydrogen) atoms. The predicted molar refractivity (Wildman–Crippen MR) is 110 cm³/mol. The second-order valence-electron chi connectivity index (χ2n) is 8.46. The molecule has 0 saturated heterocycles. The maximum absolute atomic E-state index is 10.0. The number of pyridine rings is 2. The van der Waals surface area contributed by atoms with Crippen LogP contribution in [-0.4, -0.2) is 24.9 Å². The van der Waals surface area contributed by atoms with Crippen molar-refractivity contribution in [1.29, 1.82) is 0 Å². The minimum absolute atomic E-state index is 0.532. The lowest BCUT2D eigenvalue weighted by Crippen LogP contribution is -2.17. The Labute approximate surface area is 169 Å². The van der Waals surface area contributed by atoms with Crippen molar-refractivity contribution in [3.63, 3.8) is 0 Å². The van der Waals surface area contributed by atoms with Crippen molar-refractivity contribution < 1.29 is 9.84 Å². The smallest absolute Gasteiger partial charge is 0.168 e. The third kappa shape index (κ3) is 4.10. The van der Waals surface area contributed by atoms with Crippen LogP contribution in [0.5, 0.6) is 11.5 Å². The van der Waals surface area contributed by atoms with Crippen LogP contribution in [0.25, 0.3) is 0 Å². The average molecular weight is 391 g/mol. The van der Waals surface area contributed by atoms with Gasteiger partial charge in [0.25, 0.3) is 0 Å². The van der Waals surface area contributed by atoms with E-state index in [1.54, 1.807) is 32.3 Å². The molecule has 0 atom stereocenters. The molecule has 7 heteroatoms. The molecule has 2 aliphatic rings. The maximum Gasteiger partial charge on any atom is 0.168 e. The van der Waals surface area contributed by atoms with Gasteiger partial charge < -0.3 is 15.2 Å². The summed E-state index contributed by atoms with van der Waals surface area (Å²) in [7, 11) is 0. The van der Waals surface area contributed by atoms with Gasteiger partial charge >= 0.3 is 0 Å². The number of nitrogens with zero attached hydrogens (tertiary/aromatic N) is 4. The second-order valence-corrected chi connectivity index (χ2v) is 8.46. The van der Waals surface area contributed by atoms with Gasteiger partial charge in [-0.3, -0.25) is 9.67 Å². The van der Waals surface area contributed by atoms with Crippen LogP contribution in [0.2, 0.25) is 0 Å². The number of hydrogen-bond donors (Lipinski definition) is 2. The highest BCUT2D eigenvalue weighted by atomic mass is 16.5. The van der Waals surface area contributed by atoms with E-state index in [4.69, 9.17) is 9.84 Å². The molecule has 3 aromatic rings. The van der Waals surface area contributed by atoms with Gasteiger partial charge in [-0.05, 0) is 57.7 Å². The lowest BCUT2D eigenvalue weighted by atomic mass is 10.1. The topological polar surface area (TPSA) is 85.1 Å². The van der Waals surface area contributed by atoms with E-state index in [0.717, 1.165) is 22.9 Å². The molecule has 5 rings (SSSR count). The minimum Gasteiger partial charge on any atom is -0.454 e. The van der Waals surface area contributed by atoms with Gasteiger partial charge in [0.1, 0.15) is 22.9 Å². The number of rotatable bonds is 7. The highest BCUT2D eigenvalue weighted by molar-refractivity contribution is 5.56. The normalized spacial score (nSPS) is 16.7.